The van der Waals surface area contributed by atoms with E-state index in [9.17, 15) is 18.0 Å². The van der Waals surface area contributed by atoms with Gasteiger partial charge in [0.2, 0.25) is 0 Å². The number of carbonyl (C=O) groups is 1. The standard InChI is InChI=1S/C24H20F3N3O3/c1-4-33-23(31)17-13-19(15-9-11-16(32-3)12-10-15)28-22-21(17)14(2)29-30(22)20-8-6-5-7-18(20)24(25,26)27/h5-13H,4H2,1-3H3. The molecule has 0 bridgehead atoms. The van der Waals surface area contributed by atoms with Crippen molar-refractivity contribution in [2.24, 2.45) is 0 Å². The number of halogens is 3. The quantitative estimate of drug-likeness (QED) is 0.367. The van der Waals surface area contributed by atoms with E-state index < -0.39 is 17.7 Å². The van der Waals surface area contributed by atoms with Gasteiger partial charge in [0.15, 0.2) is 5.65 Å². The zero-order chi connectivity index (χ0) is 23.8. The molecule has 2 heterocycles. The van der Waals surface area contributed by atoms with E-state index in [4.69, 9.17) is 9.47 Å². The summed E-state index contributed by atoms with van der Waals surface area (Å²) in [5, 5.41) is 4.66. The number of alkyl halides is 3. The predicted octanol–water partition coefficient (Wildman–Crippen LogP) is 5.60. The minimum Gasteiger partial charge on any atom is -0.497 e. The van der Waals surface area contributed by atoms with Gasteiger partial charge in [-0.25, -0.2) is 14.5 Å². The number of fused-ring (bicyclic) bond motifs is 1. The number of methoxy groups -OCH3 is 1. The molecule has 0 amide bonds. The van der Waals surface area contributed by atoms with E-state index >= 15 is 0 Å². The molecule has 170 valence electrons. The summed E-state index contributed by atoms with van der Waals surface area (Å²) in [5.74, 6) is 0.0249. The second-order valence-electron chi connectivity index (χ2n) is 7.21. The predicted molar refractivity (Wildman–Crippen MR) is 117 cm³/mol. The molecule has 0 fully saturated rings. The number of carbonyl (C=O) groups excluding carboxylic acids is 1. The van der Waals surface area contributed by atoms with Crippen LogP contribution < -0.4 is 4.74 Å². The van der Waals surface area contributed by atoms with E-state index in [1.807, 2.05) is 0 Å². The number of hydrogen-bond acceptors (Lipinski definition) is 5. The van der Waals surface area contributed by atoms with Gasteiger partial charge in [0.1, 0.15) is 5.75 Å². The summed E-state index contributed by atoms with van der Waals surface area (Å²) >= 11 is 0. The van der Waals surface area contributed by atoms with Crippen molar-refractivity contribution in [1.29, 1.82) is 0 Å². The highest BCUT2D eigenvalue weighted by Crippen LogP contribution is 2.36. The zero-order valence-corrected chi connectivity index (χ0v) is 18.1. The van der Waals surface area contributed by atoms with Crippen LogP contribution in [0.4, 0.5) is 13.2 Å². The molecular formula is C24H20F3N3O3. The maximum Gasteiger partial charge on any atom is 0.418 e. The van der Waals surface area contributed by atoms with Crippen molar-refractivity contribution in [1.82, 2.24) is 14.8 Å². The van der Waals surface area contributed by atoms with Gasteiger partial charge in [0.05, 0.1) is 47.3 Å². The first-order valence-electron chi connectivity index (χ1n) is 10.1. The second-order valence-corrected chi connectivity index (χ2v) is 7.21. The first-order chi connectivity index (χ1) is 15.7. The summed E-state index contributed by atoms with van der Waals surface area (Å²) in [6.45, 7) is 3.44. The zero-order valence-electron chi connectivity index (χ0n) is 18.1. The van der Waals surface area contributed by atoms with Crippen LogP contribution in [-0.2, 0) is 10.9 Å². The van der Waals surface area contributed by atoms with Crippen LogP contribution in [0.3, 0.4) is 0 Å². The van der Waals surface area contributed by atoms with Gasteiger partial charge in [-0.2, -0.15) is 18.3 Å². The summed E-state index contributed by atoms with van der Waals surface area (Å²) in [4.78, 5) is 17.4. The monoisotopic (exact) mass is 455 g/mol. The van der Waals surface area contributed by atoms with E-state index in [0.717, 1.165) is 10.7 Å². The maximum absolute atomic E-state index is 13.7. The number of benzene rings is 2. The lowest BCUT2D eigenvalue weighted by molar-refractivity contribution is -0.137. The van der Waals surface area contributed by atoms with E-state index in [2.05, 4.69) is 10.1 Å². The molecule has 0 spiro atoms. The van der Waals surface area contributed by atoms with Crippen molar-refractivity contribution < 1.29 is 27.4 Å². The van der Waals surface area contributed by atoms with Crippen LogP contribution in [0.25, 0.3) is 28.0 Å². The molecule has 33 heavy (non-hydrogen) atoms. The number of aromatic nitrogens is 3. The molecule has 9 heteroatoms. The second kappa shape index (κ2) is 8.57. The average Bonchev–Trinajstić information content (AvgIpc) is 3.14. The Morgan fingerprint density at radius 3 is 2.42 bits per heavy atom. The lowest BCUT2D eigenvalue weighted by atomic mass is 10.1. The fourth-order valence-corrected chi connectivity index (χ4v) is 3.63. The topological polar surface area (TPSA) is 66.2 Å². The highest BCUT2D eigenvalue weighted by Gasteiger charge is 2.35. The number of nitrogens with zero attached hydrogens (tertiary/aromatic N) is 3. The third-order valence-corrected chi connectivity index (χ3v) is 5.13. The Balaban J connectivity index is 2.03. The normalized spacial score (nSPS) is 11.6. The number of rotatable bonds is 5. The molecule has 6 nitrogen and oxygen atoms in total. The molecule has 0 aliphatic heterocycles. The Morgan fingerprint density at radius 1 is 1.09 bits per heavy atom. The molecule has 4 rings (SSSR count). The molecule has 0 saturated carbocycles. The molecule has 0 aliphatic carbocycles. The lowest BCUT2D eigenvalue weighted by Gasteiger charge is -2.13. The van der Waals surface area contributed by atoms with Crippen LogP contribution in [0.5, 0.6) is 5.75 Å². The smallest absolute Gasteiger partial charge is 0.418 e. The Morgan fingerprint density at radius 2 is 1.79 bits per heavy atom. The molecule has 0 saturated heterocycles. The molecular weight excluding hydrogens is 435 g/mol. The summed E-state index contributed by atoms with van der Waals surface area (Å²) in [6, 6.07) is 13.6. The molecule has 2 aromatic heterocycles. The lowest BCUT2D eigenvalue weighted by Crippen LogP contribution is -2.12. The Bertz CT molecular complexity index is 1330. The minimum absolute atomic E-state index is 0.126. The van der Waals surface area contributed by atoms with Crippen molar-refractivity contribution in [2.45, 2.75) is 20.0 Å². The van der Waals surface area contributed by atoms with Crippen LogP contribution in [0.1, 0.15) is 28.5 Å². The van der Waals surface area contributed by atoms with E-state index in [1.165, 1.54) is 25.3 Å². The van der Waals surface area contributed by atoms with Gasteiger partial charge >= 0.3 is 12.1 Å². The Kier molecular flexibility index (Phi) is 5.80. The summed E-state index contributed by atoms with van der Waals surface area (Å²) in [6.07, 6.45) is -4.60. The van der Waals surface area contributed by atoms with Crippen LogP contribution in [0, 0.1) is 6.92 Å². The fraction of sp³-hybridized carbons (Fsp3) is 0.208. The number of esters is 1. The third-order valence-electron chi connectivity index (χ3n) is 5.13. The number of pyridine rings is 1. The van der Waals surface area contributed by atoms with Crippen LogP contribution >= 0.6 is 0 Å². The first-order valence-corrected chi connectivity index (χ1v) is 10.1. The van der Waals surface area contributed by atoms with Gasteiger partial charge < -0.3 is 9.47 Å². The van der Waals surface area contributed by atoms with Crippen molar-refractivity contribution in [2.75, 3.05) is 13.7 Å². The molecule has 0 atom stereocenters. The molecule has 0 unspecified atom stereocenters. The van der Waals surface area contributed by atoms with E-state index in [1.54, 1.807) is 44.2 Å². The first kappa shape index (κ1) is 22.3. The number of para-hydroxylation sites is 1. The van der Waals surface area contributed by atoms with Gasteiger partial charge in [0, 0.05) is 5.56 Å². The number of aryl methyl sites for hydroxylation is 1. The molecule has 4 aromatic rings. The highest BCUT2D eigenvalue weighted by atomic mass is 19.4. The summed E-state index contributed by atoms with van der Waals surface area (Å²) in [7, 11) is 1.54. The molecule has 0 aliphatic rings. The summed E-state index contributed by atoms with van der Waals surface area (Å²) in [5.41, 5.74) is 0.665. The van der Waals surface area contributed by atoms with Gasteiger partial charge in [-0.1, -0.05) is 12.1 Å². The largest absolute Gasteiger partial charge is 0.497 e. The van der Waals surface area contributed by atoms with E-state index in [-0.39, 0.29) is 23.5 Å². The summed E-state index contributed by atoms with van der Waals surface area (Å²) < 4.78 is 52.7. The maximum atomic E-state index is 13.7. The molecule has 0 N–H and O–H groups in total. The van der Waals surface area contributed by atoms with Crippen molar-refractivity contribution in [3.8, 4) is 22.7 Å². The Hall–Kier alpha value is -3.88. The Labute approximate surface area is 187 Å². The van der Waals surface area contributed by atoms with Crippen LogP contribution in [-0.4, -0.2) is 34.5 Å². The number of ether oxygens (including phenoxy) is 2. The molecule has 2 aromatic carbocycles. The highest BCUT2D eigenvalue weighted by molar-refractivity contribution is 6.05. The van der Waals surface area contributed by atoms with Crippen LogP contribution in [0.15, 0.2) is 54.6 Å². The van der Waals surface area contributed by atoms with Gasteiger partial charge in [0.25, 0.3) is 0 Å². The van der Waals surface area contributed by atoms with Crippen molar-refractivity contribution >= 4 is 17.0 Å². The van der Waals surface area contributed by atoms with Crippen LogP contribution in [0.2, 0.25) is 0 Å². The fourth-order valence-electron chi connectivity index (χ4n) is 3.63. The number of hydrogen-bond donors (Lipinski definition) is 0. The van der Waals surface area contributed by atoms with Crippen molar-refractivity contribution in [3.63, 3.8) is 0 Å². The third kappa shape index (κ3) is 4.13. The van der Waals surface area contributed by atoms with Gasteiger partial charge in [-0.3, -0.25) is 0 Å². The van der Waals surface area contributed by atoms with Gasteiger partial charge in [-0.05, 0) is 56.3 Å². The average molecular weight is 455 g/mol. The SMILES string of the molecule is CCOC(=O)c1cc(-c2ccc(OC)cc2)nc2c1c(C)nn2-c1ccccc1C(F)(F)F. The minimum atomic E-state index is -4.60. The van der Waals surface area contributed by atoms with Crippen molar-refractivity contribution in [3.05, 3.63) is 71.4 Å². The molecule has 0 radical (unpaired) electrons. The van der Waals surface area contributed by atoms with Gasteiger partial charge in [-0.15, -0.1) is 0 Å². The van der Waals surface area contributed by atoms with E-state index in [0.29, 0.717) is 28.1 Å².